The second kappa shape index (κ2) is 8.48. The smallest absolute Gasteiger partial charge is 0.341 e. The summed E-state index contributed by atoms with van der Waals surface area (Å²) in [6.07, 6.45) is 4.13. The van der Waals surface area contributed by atoms with Crippen molar-refractivity contribution in [3.8, 4) is 11.1 Å². The predicted molar refractivity (Wildman–Crippen MR) is 139 cm³/mol. The van der Waals surface area contributed by atoms with Gasteiger partial charge in [-0.3, -0.25) is 4.79 Å². The first-order valence-electron chi connectivity index (χ1n) is 11.9. The monoisotopic (exact) mass is 520 g/mol. The van der Waals surface area contributed by atoms with Gasteiger partial charge in [0, 0.05) is 63.0 Å². The predicted octanol–water partition coefficient (Wildman–Crippen LogP) is 3.22. The van der Waals surface area contributed by atoms with Gasteiger partial charge in [0.1, 0.15) is 16.9 Å². The number of aliphatic hydroxyl groups excluding tert-OH is 1. The van der Waals surface area contributed by atoms with Crippen molar-refractivity contribution in [2.45, 2.75) is 12.5 Å². The molecule has 5 heterocycles. The van der Waals surface area contributed by atoms with Crippen LogP contribution in [0.4, 0.5) is 20.2 Å². The molecule has 1 fully saturated rings. The highest BCUT2D eigenvalue weighted by atomic mass is 19.2. The average molecular weight is 520 g/mol. The van der Waals surface area contributed by atoms with Crippen LogP contribution < -0.4 is 15.6 Å². The summed E-state index contributed by atoms with van der Waals surface area (Å²) in [6.45, 7) is 0.697. The van der Waals surface area contributed by atoms with Gasteiger partial charge < -0.3 is 30.0 Å². The van der Waals surface area contributed by atoms with Gasteiger partial charge in [-0.25, -0.2) is 23.5 Å². The molecule has 0 amide bonds. The molecule has 4 aromatic heterocycles. The van der Waals surface area contributed by atoms with Crippen molar-refractivity contribution in [2.24, 2.45) is 7.05 Å². The molecule has 5 aromatic rings. The molecule has 0 unspecified atom stereocenters. The van der Waals surface area contributed by atoms with Gasteiger partial charge in [-0.15, -0.1) is 0 Å². The Bertz CT molecular complexity index is 1870. The van der Waals surface area contributed by atoms with E-state index in [4.69, 9.17) is 0 Å². The Kier molecular flexibility index (Phi) is 5.31. The van der Waals surface area contributed by atoms with Crippen LogP contribution in [-0.2, 0) is 7.05 Å². The molecule has 12 heteroatoms. The second-order valence-electron chi connectivity index (χ2n) is 9.36. The number of carbonyl (C=O) groups is 1. The molecular weight excluding hydrogens is 498 g/mol. The highest BCUT2D eigenvalue weighted by Gasteiger charge is 2.29. The molecule has 0 radical (unpaired) electrons. The number of aromatic carboxylic acids is 1. The summed E-state index contributed by atoms with van der Waals surface area (Å²) < 4.78 is 31.5. The highest BCUT2D eigenvalue weighted by Crippen LogP contribution is 2.44. The van der Waals surface area contributed by atoms with E-state index in [9.17, 15) is 24.2 Å². The van der Waals surface area contributed by atoms with Gasteiger partial charge in [0.2, 0.25) is 5.43 Å². The lowest BCUT2D eigenvalue weighted by molar-refractivity contribution is 0.0695. The minimum absolute atomic E-state index is 0.00733. The van der Waals surface area contributed by atoms with Crippen LogP contribution in [-0.4, -0.2) is 61.9 Å². The Balaban J connectivity index is 1.72. The number of carboxylic acid groups (broad SMARTS) is 1. The average Bonchev–Trinajstić information content (AvgIpc) is 3.51. The first-order chi connectivity index (χ1) is 18.2. The third kappa shape index (κ3) is 3.40. The number of halogens is 2. The molecule has 6 rings (SSSR count). The van der Waals surface area contributed by atoms with E-state index in [1.807, 2.05) is 4.90 Å². The van der Waals surface area contributed by atoms with E-state index >= 15 is 4.39 Å². The first-order valence-corrected chi connectivity index (χ1v) is 11.9. The van der Waals surface area contributed by atoms with Crippen LogP contribution in [0.1, 0.15) is 16.8 Å². The molecular formula is C26H22F2N6O4. The Morgan fingerprint density at radius 2 is 2.00 bits per heavy atom. The van der Waals surface area contributed by atoms with E-state index < -0.39 is 34.7 Å². The number of benzene rings is 1. The number of carboxylic acids is 1. The minimum atomic E-state index is -1.36. The maximum Gasteiger partial charge on any atom is 0.341 e. The van der Waals surface area contributed by atoms with Gasteiger partial charge in [0.05, 0.1) is 39.2 Å². The van der Waals surface area contributed by atoms with Crippen LogP contribution in [0.2, 0.25) is 0 Å². The number of pyridine rings is 3. The molecule has 4 N–H and O–H groups in total. The lowest BCUT2D eigenvalue weighted by Crippen LogP contribution is -2.22. The van der Waals surface area contributed by atoms with Crippen LogP contribution >= 0.6 is 0 Å². The number of anilines is 2. The van der Waals surface area contributed by atoms with Crippen molar-refractivity contribution < 1.29 is 23.8 Å². The van der Waals surface area contributed by atoms with Gasteiger partial charge in [0.15, 0.2) is 11.6 Å². The highest BCUT2D eigenvalue weighted by molar-refractivity contribution is 6.18. The third-order valence-corrected chi connectivity index (χ3v) is 7.07. The van der Waals surface area contributed by atoms with Gasteiger partial charge in [-0.05, 0) is 12.5 Å². The molecule has 1 atom stereocenters. The molecule has 0 aliphatic carbocycles. The lowest BCUT2D eigenvalue weighted by Gasteiger charge is -2.23. The third-order valence-electron chi connectivity index (χ3n) is 7.07. The Labute approximate surface area is 213 Å². The molecule has 1 aromatic carbocycles. The number of nitrogens with one attached hydrogen (secondary N) is 2. The molecule has 0 spiro atoms. The van der Waals surface area contributed by atoms with E-state index in [0.29, 0.717) is 52.0 Å². The maximum absolute atomic E-state index is 15.4. The van der Waals surface area contributed by atoms with Crippen LogP contribution in [0, 0.1) is 11.6 Å². The zero-order valence-corrected chi connectivity index (χ0v) is 20.3. The number of nitrogens with zero attached hydrogens (tertiary/aromatic N) is 4. The van der Waals surface area contributed by atoms with E-state index in [0.717, 1.165) is 6.07 Å². The van der Waals surface area contributed by atoms with Crippen molar-refractivity contribution in [3.63, 3.8) is 0 Å². The number of hydrogen-bond acceptors (Lipinski definition) is 7. The summed E-state index contributed by atoms with van der Waals surface area (Å²) in [5.41, 5.74) is 1.61. The standard InChI is InChI=1S/C26H22F2N6O4/c1-29-17-6-16(27)20(28)18-19-22(34-4-3-12(35)9-34)14(8-30-24(19)32-21(17)18)11-5-13-23(36)15(26(37)38)10-33(2)25(13)31-7-11/h5-8,10,12,29,35H,3-4,9H2,1-2H3,(H,30,32)(H,37,38)/t12-/m0/s1. The number of H-pyrrole nitrogens is 1. The van der Waals surface area contributed by atoms with E-state index in [1.165, 1.54) is 23.0 Å². The summed E-state index contributed by atoms with van der Waals surface area (Å²) in [5.74, 6) is -3.43. The Morgan fingerprint density at radius 1 is 1.21 bits per heavy atom. The zero-order valence-electron chi connectivity index (χ0n) is 20.3. The van der Waals surface area contributed by atoms with E-state index in [-0.39, 0.29) is 23.0 Å². The van der Waals surface area contributed by atoms with E-state index in [2.05, 4.69) is 20.3 Å². The minimum Gasteiger partial charge on any atom is -0.477 e. The van der Waals surface area contributed by atoms with Gasteiger partial charge in [0.25, 0.3) is 0 Å². The molecule has 194 valence electrons. The fraction of sp³-hybridized carbons (Fsp3) is 0.231. The molecule has 1 aliphatic heterocycles. The quantitative estimate of drug-likeness (QED) is 0.284. The van der Waals surface area contributed by atoms with Crippen molar-refractivity contribution in [1.29, 1.82) is 0 Å². The van der Waals surface area contributed by atoms with Crippen molar-refractivity contribution in [1.82, 2.24) is 19.5 Å². The first kappa shape index (κ1) is 23.8. The Morgan fingerprint density at radius 3 is 2.68 bits per heavy atom. The van der Waals surface area contributed by atoms with Crippen molar-refractivity contribution in [3.05, 3.63) is 58.1 Å². The summed E-state index contributed by atoms with van der Waals surface area (Å²) in [5, 5.41) is 23.1. The second-order valence-corrected chi connectivity index (χ2v) is 9.36. The number of aromatic nitrogens is 4. The van der Waals surface area contributed by atoms with Crippen LogP contribution in [0.25, 0.3) is 44.1 Å². The molecule has 1 saturated heterocycles. The van der Waals surface area contributed by atoms with Gasteiger partial charge >= 0.3 is 5.97 Å². The Hall–Kier alpha value is -4.58. The normalized spacial score (nSPS) is 15.7. The fourth-order valence-electron chi connectivity index (χ4n) is 5.29. The molecule has 38 heavy (non-hydrogen) atoms. The molecule has 1 aliphatic rings. The lowest BCUT2D eigenvalue weighted by atomic mass is 10.0. The summed E-state index contributed by atoms with van der Waals surface area (Å²) in [7, 11) is 3.19. The van der Waals surface area contributed by atoms with Crippen LogP contribution in [0.3, 0.4) is 0 Å². The van der Waals surface area contributed by atoms with Crippen molar-refractivity contribution >= 4 is 50.3 Å². The number of rotatable bonds is 4. The number of hydrogen-bond donors (Lipinski definition) is 4. The topological polar surface area (TPSA) is 136 Å². The largest absolute Gasteiger partial charge is 0.477 e. The maximum atomic E-state index is 15.4. The number of aromatic amines is 1. The fourth-order valence-corrected chi connectivity index (χ4v) is 5.29. The number of β-amino-alcohol motifs (C(OH)–C–C–N with tert-alkyl or cyclic N) is 1. The zero-order chi connectivity index (χ0) is 26.9. The number of fused-ring (bicyclic) bond motifs is 4. The molecule has 10 nitrogen and oxygen atoms in total. The van der Waals surface area contributed by atoms with Crippen LogP contribution in [0.5, 0.6) is 0 Å². The SMILES string of the molecule is CNc1cc(F)c(F)c2c1[nH]c1ncc(-c3cnc4c(c3)c(=O)c(C(=O)O)cn4C)c(N3CC[C@H](O)C3)c12. The summed E-state index contributed by atoms with van der Waals surface area (Å²) >= 11 is 0. The van der Waals surface area contributed by atoms with Gasteiger partial charge in [-0.2, -0.15) is 0 Å². The molecule has 0 bridgehead atoms. The van der Waals surface area contributed by atoms with E-state index in [1.54, 1.807) is 20.3 Å². The van der Waals surface area contributed by atoms with Gasteiger partial charge in [-0.1, -0.05) is 0 Å². The summed E-state index contributed by atoms with van der Waals surface area (Å²) in [6, 6.07) is 2.59. The number of aliphatic hydroxyl groups is 1. The number of aryl methyl sites for hydroxylation is 1. The summed E-state index contributed by atoms with van der Waals surface area (Å²) in [4.78, 5) is 38.5. The van der Waals surface area contributed by atoms with Crippen LogP contribution in [0.15, 0.2) is 35.5 Å². The molecule has 0 saturated carbocycles. The van der Waals surface area contributed by atoms with Crippen molar-refractivity contribution in [2.75, 3.05) is 30.4 Å².